The van der Waals surface area contributed by atoms with Gasteiger partial charge in [-0.25, -0.2) is 13.1 Å². The van der Waals surface area contributed by atoms with Crippen LogP contribution < -0.4 is 10.0 Å². The van der Waals surface area contributed by atoms with Crippen LogP contribution in [0.3, 0.4) is 0 Å². The number of fused-ring (bicyclic) bond motifs is 1. The van der Waals surface area contributed by atoms with Gasteiger partial charge in [0, 0.05) is 36.2 Å². The van der Waals surface area contributed by atoms with E-state index in [1.807, 2.05) is 4.90 Å². The van der Waals surface area contributed by atoms with E-state index in [1.165, 1.54) is 11.8 Å². The normalized spacial score (nSPS) is 23.0. The molecule has 2 amide bonds. The maximum Gasteiger partial charge on any atom is 0.240 e. The first-order chi connectivity index (χ1) is 14.9. The van der Waals surface area contributed by atoms with Crippen LogP contribution in [0.1, 0.15) is 57.8 Å². The highest BCUT2D eigenvalue weighted by molar-refractivity contribution is 7.99. The van der Waals surface area contributed by atoms with Crippen molar-refractivity contribution in [2.45, 2.75) is 73.6 Å². The Kier molecular flexibility index (Phi) is 7.23. The number of carbonyl (C=O) groups is 2. The first kappa shape index (κ1) is 22.6. The summed E-state index contributed by atoms with van der Waals surface area (Å²) < 4.78 is 28.7. The van der Waals surface area contributed by atoms with E-state index in [0.717, 1.165) is 69.4 Å². The van der Waals surface area contributed by atoms with Crippen LogP contribution in [-0.4, -0.2) is 50.0 Å². The van der Waals surface area contributed by atoms with Crippen LogP contribution in [0.15, 0.2) is 28.0 Å². The van der Waals surface area contributed by atoms with Gasteiger partial charge < -0.3 is 10.2 Å². The lowest BCUT2D eigenvalue weighted by atomic mass is 10.1. The van der Waals surface area contributed by atoms with Gasteiger partial charge in [-0.05, 0) is 43.9 Å². The third-order valence-electron chi connectivity index (χ3n) is 6.39. The van der Waals surface area contributed by atoms with Gasteiger partial charge in [-0.1, -0.05) is 25.7 Å². The molecule has 9 heteroatoms. The number of carbonyl (C=O) groups excluding carboxylic acids is 2. The van der Waals surface area contributed by atoms with Crippen LogP contribution in [0.5, 0.6) is 0 Å². The van der Waals surface area contributed by atoms with Crippen molar-refractivity contribution in [1.29, 1.82) is 0 Å². The zero-order chi connectivity index (χ0) is 21.8. The summed E-state index contributed by atoms with van der Waals surface area (Å²) >= 11 is 1.49. The second-order valence-corrected chi connectivity index (χ2v) is 11.5. The molecule has 7 nitrogen and oxygen atoms in total. The molecule has 1 aromatic carbocycles. The fourth-order valence-electron chi connectivity index (χ4n) is 4.54. The summed E-state index contributed by atoms with van der Waals surface area (Å²) in [6.07, 6.45) is 8.37. The molecule has 4 rings (SSSR count). The van der Waals surface area contributed by atoms with E-state index in [-0.39, 0.29) is 29.2 Å². The molecular formula is C22H31N3O4S2. The Morgan fingerprint density at radius 1 is 1.10 bits per heavy atom. The molecule has 0 bridgehead atoms. The number of amides is 2. The third kappa shape index (κ3) is 5.62. The zero-order valence-electron chi connectivity index (χ0n) is 17.8. The summed E-state index contributed by atoms with van der Waals surface area (Å²) in [5, 5.41) is 2.87. The third-order valence-corrected chi connectivity index (χ3v) is 9.14. The minimum absolute atomic E-state index is 0.0278. The van der Waals surface area contributed by atoms with Gasteiger partial charge >= 0.3 is 0 Å². The van der Waals surface area contributed by atoms with Crippen molar-refractivity contribution in [2.24, 2.45) is 5.92 Å². The molecule has 1 aliphatic carbocycles. The number of hydrogen-bond donors (Lipinski definition) is 2. The van der Waals surface area contributed by atoms with E-state index < -0.39 is 15.9 Å². The van der Waals surface area contributed by atoms with Crippen molar-refractivity contribution in [2.75, 3.05) is 24.2 Å². The molecule has 1 aromatic rings. The van der Waals surface area contributed by atoms with Crippen LogP contribution in [-0.2, 0) is 19.6 Å². The Bertz CT molecular complexity index is 921. The van der Waals surface area contributed by atoms with E-state index in [4.69, 9.17) is 0 Å². The molecule has 0 aromatic heterocycles. The molecule has 0 spiro atoms. The Morgan fingerprint density at radius 3 is 2.52 bits per heavy atom. The first-order valence-electron chi connectivity index (χ1n) is 11.3. The molecule has 0 radical (unpaired) electrons. The molecule has 31 heavy (non-hydrogen) atoms. The van der Waals surface area contributed by atoms with Gasteiger partial charge in [0.25, 0.3) is 0 Å². The summed E-state index contributed by atoms with van der Waals surface area (Å²) in [6.45, 7) is 1.55. The second kappa shape index (κ2) is 9.92. The molecule has 0 unspecified atom stereocenters. The van der Waals surface area contributed by atoms with Crippen LogP contribution in [0.2, 0.25) is 0 Å². The van der Waals surface area contributed by atoms with Crippen LogP contribution in [0.25, 0.3) is 0 Å². The molecule has 2 fully saturated rings. The Morgan fingerprint density at radius 2 is 1.81 bits per heavy atom. The minimum Gasteiger partial charge on any atom is -0.343 e. The fraction of sp³-hybridized carbons (Fsp3) is 0.636. The molecular weight excluding hydrogens is 434 g/mol. The minimum atomic E-state index is -3.65. The SMILES string of the molecule is O=C1Nc2cc(S(=O)(=O)NC3CCCCCC3)ccc2SC[C@H]1CC(=O)N1CCCC1. The fourth-order valence-corrected chi connectivity index (χ4v) is 6.95. The van der Waals surface area contributed by atoms with E-state index in [0.29, 0.717) is 11.4 Å². The second-order valence-electron chi connectivity index (χ2n) is 8.76. The number of nitrogens with zero attached hydrogens (tertiary/aromatic N) is 1. The van der Waals surface area contributed by atoms with Gasteiger partial charge in [0.05, 0.1) is 16.5 Å². The van der Waals surface area contributed by atoms with Crippen molar-refractivity contribution in [1.82, 2.24) is 9.62 Å². The Hall–Kier alpha value is -1.58. The van der Waals surface area contributed by atoms with Crippen molar-refractivity contribution in [3.63, 3.8) is 0 Å². The average molecular weight is 466 g/mol. The van der Waals surface area contributed by atoms with Gasteiger partial charge in [-0.2, -0.15) is 0 Å². The first-order valence-corrected chi connectivity index (χ1v) is 13.8. The smallest absolute Gasteiger partial charge is 0.240 e. The van der Waals surface area contributed by atoms with E-state index >= 15 is 0 Å². The van der Waals surface area contributed by atoms with E-state index in [2.05, 4.69) is 10.0 Å². The van der Waals surface area contributed by atoms with E-state index in [9.17, 15) is 18.0 Å². The highest BCUT2D eigenvalue weighted by Gasteiger charge is 2.30. The average Bonchev–Trinajstić information content (AvgIpc) is 3.10. The molecule has 3 aliphatic rings. The number of nitrogens with one attached hydrogen (secondary N) is 2. The number of benzene rings is 1. The predicted octanol–water partition coefficient (Wildman–Crippen LogP) is 3.36. The monoisotopic (exact) mass is 465 g/mol. The number of hydrogen-bond acceptors (Lipinski definition) is 5. The lowest BCUT2D eigenvalue weighted by Crippen LogP contribution is -2.34. The van der Waals surface area contributed by atoms with Gasteiger partial charge in [-0.3, -0.25) is 9.59 Å². The van der Waals surface area contributed by atoms with Crippen molar-refractivity contribution < 1.29 is 18.0 Å². The summed E-state index contributed by atoms with van der Waals surface area (Å²) in [5.74, 6) is -0.106. The number of rotatable bonds is 5. The molecule has 1 atom stereocenters. The number of sulfonamides is 1. The van der Waals surface area contributed by atoms with Crippen LogP contribution in [0, 0.1) is 5.92 Å². The number of thioether (sulfide) groups is 1. The summed E-state index contributed by atoms with van der Waals surface area (Å²) in [4.78, 5) is 28.1. The molecule has 2 N–H and O–H groups in total. The van der Waals surface area contributed by atoms with Gasteiger partial charge in [0.2, 0.25) is 21.8 Å². The summed E-state index contributed by atoms with van der Waals surface area (Å²) in [7, 11) is -3.65. The highest BCUT2D eigenvalue weighted by Crippen LogP contribution is 2.35. The Labute approximate surface area is 188 Å². The molecule has 2 heterocycles. The quantitative estimate of drug-likeness (QED) is 0.650. The van der Waals surface area contributed by atoms with Crippen LogP contribution in [0.4, 0.5) is 5.69 Å². The Balaban J connectivity index is 1.44. The molecule has 170 valence electrons. The van der Waals surface area contributed by atoms with E-state index in [1.54, 1.807) is 18.2 Å². The van der Waals surface area contributed by atoms with Gasteiger partial charge in [-0.15, -0.1) is 11.8 Å². The molecule has 1 saturated carbocycles. The van der Waals surface area contributed by atoms with Gasteiger partial charge in [0.1, 0.15) is 0 Å². The maximum absolute atomic E-state index is 12.9. The number of anilines is 1. The predicted molar refractivity (Wildman–Crippen MR) is 122 cm³/mol. The van der Waals surface area contributed by atoms with Gasteiger partial charge in [0.15, 0.2) is 0 Å². The standard InChI is InChI=1S/C22H31N3O4S2/c26-21(25-11-5-6-12-25)13-16-15-30-20-10-9-18(14-19(20)23-22(16)27)31(28,29)24-17-7-3-1-2-4-8-17/h9-10,14,16-17,24H,1-8,11-13,15H2,(H,23,27)/t16-/m1/s1. The van der Waals surface area contributed by atoms with Crippen molar-refractivity contribution in [3.8, 4) is 0 Å². The topological polar surface area (TPSA) is 95.6 Å². The summed E-state index contributed by atoms with van der Waals surface area (Å²) in [6, 6.07) is 4.87. The van der Waals surface area contributed by atoms with Crippen molar-refractivity contribution >= 4 is 39.3 Å². The highest BCUT2D eigenvalue weighted by atomic mass is 32.2. The molecule has 1 saturated heterocycles. The van der Waals surface area contributed by atoms with Crippen LogP contribution >= 0.6 is 11.8 Å². The lowest BCUT2D eigenvalue weighted by Gasteiger charge is -2.18. The summed E-state index contributed by atoms with van der Waals surface area (Å²) in [5.41, 5.74) is 0.509. The lowest BCUT2D eigenvalue weighted by molar-refractivity contribution is -0.133. The number of likely N-dealkylation sites (tertiary alicyclic amines) is 1. The van der Waals surface area contributed by atoms with Crippen molar-refractivity contribution in [3.05, 3.63) is 18.2 Å². The maximum atomic E-state index is 12.9. The molecule has 2 aliphatic heterocycles. The zero-order valence-corrected chi connectivity index (χ0v) is 19.4. The largest absolute Gasteiger partial charge is 0.343 e.